The predicted octanol–water partition coefficient (Wildman–Crippen LogP) is 1.87. The van der Waals surface area contributed by atoms with Gasteiger partial charge in [-0.25, -0.2) is 8.42 Å². The minimum Gasteiger partial charge on any atom is -0.394 e. The number of rotatable bonds is 3. The summed E-state index contributed by atoms with van der Waals surface area (Å²) in [4.78, 5) is 0.0628. The first-order valence-electron chi connectivity index (χ1n) is 6.05. The van der Waals surface area contributed by atoms with Crippen molar-refractivity contribution in [3.05, 3.63) is 27.7 Å². The number of aliphatic hydroxyl groups excluding tert-OH is 1. The van der Waals surface area contributed by atoms with Crippen LogP contribution < -0.4 is 0 Å². The van der Waals surface area contributed by atoms with E-state index >= 15 is 0 Å². The summed E-state index contributed by atoms with van der Waals surface area (Å²) in [6, 6.07) is 4.34. The molecule has 1 saturated heterocycles. The van der Waals surface area contributed by atoms with Crippen molar-refractivity contribution in [3.8, 4) is 0 Å². The molecule has 5 nitrogen and oxygen atoms in total. The van der Waals surface area contributed by atoms with E-state index in [2.05, 4.69) is 15.9 Å². The van der Waals surface area contributed by atoms with Crippen molar-refractivity contribution in [1.29, 1.82) is 0 Å². The Morgan fingerprint density at radius 3 is 2.85 bits per heavy atom. The van der Waals surface area contributed by atoms with Crippen LogP contribution in [0.5, 0.6) is 0 Å². The summed E-state index contributed by atoms with van der Waals surface area (Å²) in [6.45, 7) is 1.91. The van der Waals surface area contributed by atoms with E-state index in [0.717, 1.165) is 0 Å². The molecule has 1 aromatic carbocycles. The van der Waals surface area contributed by atoms with Crippen molar-refractivity contribution in [2.24, 2.45) is 0 Å². The minimum absolute atomic E-state index is 0.0628. The molecule has 1 aromatic rings. The molecule has 0 amide bonds. The van der Waals surface area contributed by atoms with Crippen LogP contribution in [-0.4, -0.2) is 49.7 Å². The number of benzene rings is 1. The van der Waals surface area contributed by atoms with Crippen LogP contribution in [0.25, 0.3) is 0 Å². The maximum absolute atomic E-state index is 12.7. The van der Waals surface area contributed by atoms with Crippen molar-refractivity contribution >= 4 is 37.6 Å². The lowest BCUT2D eigenvalue weighted by Crippen LogP contribution is -2.51. The smallest absolute Gasteiger partial charge is 0.244 e. The van der Waals surface area contributed by atoms with E-state index in [9.17, 15) is 8.42 Å². The van der Waals surface area contributed by atoms with Gasteiger partial charge in [0, 0.05) is 17.1 Å². The van der Waals surface area contributed by atoms with E-state index in [-0.39, 0.29) is 35.7 Å². The Morgan fingerprint density at radius 2 is 2.25 bits per heavy atom. The monoisotopic (exact) mass is 383 g/mol. The standard InChI is InChI=1S/C12H15BrClNO4S/c1-8-7-19-10(6-16)5-15(8)20(17,18)12-3-2-9(13)4-11(12)14/h2-4,8,10,16H,5-7H2,1H3. The summed E-state index contributed by atoms with van der Waals surface area (Å²) in [5.74, 6) is 0. The number of morpholine rings is 1. The Morgan fingerprint density at radius 1 is 1.55 bits per heavy atom. The number of ether oxygens (including phenoxy) is 1. The van der Waals surface area contributed by atoms with Crippen molar-refractivity contribution in [2.45, 2.75) is 24.0 Å². The third-order valence-corrected chi connectivity index (χ3v) is 6.09. The Labute approximate surface area is 131 Å². The molecule has 0 spiro atoms. The van der Waals surface area contributed by atoms with E-state index in [1.165, 1.54) is 10.4 Å². The van der Waals surface area contributed by atoms with Crippen LogP contribution >= 0.6 is 27.5 Å². The summed E-state index contributed by atoms with van der Waals surface area (Å²) >= 11 is 9.28. The first-order chi connectivity index (χ1) is 9.36. The molecule has 0 bridgehead atoms. The molecule has 1 aliphatic rings. The average molecular weight is 385 g/mol. The van der Waals surface area contributed by atoms with E-state index < -0.39 is 16.1 Å². The number of nitrogens with zero attached hydrogens (tertiary/aromatic N) is 1. The first-order valence-corrected chi connectivity index (χ1v) is 8.66. The van der Waals surface area contributed by atoms with Gasteiger partial charge in [0.2, 0.25) is 10.0 Å². The van der Waals surface area contributed by atoms with Gasteiger partial charge in [0.05, 0.1) is 24.3 Å². The lowest BCUT2D eigenvalue weighted by Gasteiger charge is -2.36. The summed E-state index contributed by atoms with van der Waals surface area (Å²) in [5.41, 5.74) is 0. The fourth-order valence-electron chi connectivity index (χ4n) is 2.05. The maximum Gasteiger partial charge on any atom is 0.244 e. The largest absolute Gasteiger partial charge is 0.394 e. The SMILES string of the molecule is CC1COC(CO)CN1S(=O)(=O)c1ccc(Br)cc1Cl. The van der Waals surface area contributed by atoms with Gasteiger partial charge in [-0.3, -0.25) is 0 Å². The molecule has 0 saturated carbocycles. The van der Waals surface area contributed by atoms with Crippen LogP contribution in [0.4, 0.5) is 0 Å². The molecule has 1 fully saturated rings. The second-order valence-corrected chi connectivity index (χ2v) is 7.82. The Hall–Kier alpha value is -0.180. The van der Waals surface area contributed by atoms with Crippen LogP contribution in [0.1, 0.15) is 6.92 Å². The van der Waals surface area contributed by atoms with Crippen molar-refractivity contribution < 1.29 is 18.3 Å². The summed E-state index contributed by atoms with van der Waals surface area (Å²) in [6.07, 6.45) is -0.504. The third kappa shape index (κ3) is 3.18. The normalized spacial score (nSPS) is 24.8. The number of hydrogen-bond acceptors (Lipinski definition) is 4. The van der Waals surface area contributed by atoms with Gasteiger partial charge in [-0.05, 0) is 25.1 Å². The molecule has 0 aliphatic carbocycles. The summed E-state index contributed by atoms with van der Waals surface area (Å²) in [7, 11) is -3.71. The van der Waals surface area contributed by atoms with Crippen LogP contribution in [0, 0.1) is 0 Å². The Kier molecular flexibility index (Phi) is 5.09. The molecule has 112 valence electrons. The molecular formula is C12H15BrClNO4S. The molecule has 8 heteroatoms. The van der Waals surface area contributed by atoms with Gasteiger partial charge in [0.1, 0.15) is 4.90 Å². The van der Waals surface area contributed by atoms with E-state index in [0.29, 0.717) is 4.47 Å². The van der Waals surface area contributed by atoms with Gasteiger partial charge in [-0.15, -0.1) is 0 Å². The van der Waals surface area contributed by atoms with Gasteiger partial charge in [0.25, 0.3) is 0 Å². The second-order valence-electron chi connectivity index (χ2n) is 4.64. The maximum atomic E-state index is 12.7. The molecule has 2 rings (SSSR count). The van der Waals surface area contributed by atoms with E-state index in [1.807, 2.05) is 0 Å². The van der Waals surface area contributed by atoms with Crippen LogP contribution in [0.3, 0.4) is 0 Å². The van der Waals surface area contributed by atoms with Gasteiger partial charge in [-0.2, -0.15) is 4.31 Å². The number of hydrogen-bond donors (Lipinski definition) is 1. The molecule has 1 N–H and O–H groups in total. The molecule has 1 aliphatic heterocycles. The van der Waals surface area contributed by atoms with Gasteiger partial charge < -0.3 is 9.84 Å². The lowest BCUT2D eigenvalue weighted by molar-refractivity contribution is -0.0516. The number of sulfonamides is 1. The fourth-order valence-corrected chi connectivity index (χ4v) is 4.71. The molecule has 1 heterocycles. The van der Waals surface area contributed by atoms with Crippen molar-refractivity contribution in [2.75, 3.05) is 19.8 Å². The quantitative estimate of drug-likeness (QED) is 0.864. The number of aliphatic hydroxyl groups is 1. The van der Waals surface area contributed by atoms with Gasteiger partial charge in [0.15, 0.2) is 0 Å². The highest BCUT2D eigenvalue weighted by Gasteiger charge is 2.36. The highest BCUT2D eigenvalue weighted by Crippen LogP contribution is 2.30. The summed E-state index contributed by atoms with van der Waals surface area (Å²) in [5, 5.41) is 9.31. The van der Waals surface area contributed by atoms with Gasteiger partial charge in [-0.1, -0.05) is 27.5 Å². The lowest BCUT2D eigenvalue weighted by atomic mass is 10.2. The van der Waals surface area contributed by atoms with Gasteiger partial charge >= 0.3 is 0 Å². The Bertz CT molecular complexity index is 595. The van der Waals surface area contributed by atoms with Crippen molar-refractivity contribution in [3.63, 3.8) is 0 Å². The van der Waals surface area contributed by atoms with Crippen LogP contribution in [0.15, 0.2) is 27.6 Å². The van der Waals surface area contributed by atoms with E-state index in [1.54, 1.807) is 19.1 Å². The topological polar surface area (TPSA) is 66.8 Å². The highest BCUT2D eigenvalue weighted by molar-refractivity contribution is 9.10. The zero-order valence-electron chi connectivity index (χ0n) is 10.8. The van der Waals surface area contributed by atoms with Crippen LogP contribution in [0.2, 0.25) is 5.02 Å². The first kappa shape index (κ1) is 16.2. The fraction of sp³-hybridized carbons (Fsp3) is 0.500. The highest BCUT2D eigenvalue weighted by atomic mass is 79.9. The van der Waals surface area contributed by atoms with Crippen molar-refractivity contribution in [1.82, 2.24) is 4.31 Å². The predicted molar refractivity (Wildman–Crippen MR) is 79.3 cm³/mol. The van der Waals surface area contributed by atoms with E-state index in [4.69, 9.17) is 21.4 Å². The molecule has 20 heavy (non-hydrogen) atoms. The molecule has 0 aromatic heterocycles. The minimum atomic E-state index is -3.71. The average Bonchev–Trinajstić information content (AvgIpc) is 2.38. The zero-order chi connectivity index (χ0) is 14.9. The second kappa shape index (κ2) is 6.29. The summed E-state index contributed by atoms with van der Waals surface area (Å²) < 4.78 is 32.8. The molecule has 2 atom stereocenters. The molecule has 2 unspecified atom stereocenters. The molecule has 0 radical (unpaired) electrons. The number of halogens is 2. The van der Waals surface area contributed by atoms with Crippen LogP contribution in [-0.2, 0) is 14.8 Å². The molecular weight excluding hydrogens is 370 g/mol. The Balaban J connectivity index is 2.38. The zero-order valence-corrected chi connectivity index (χ0v) is 13.9. The third-order valence-electron chi connectivity index (χ3n) is 3.13.